The van der Waals surface area contributed by atoms with Crippen LogP contribution in [0.3, 0.4) is 0 Å². The van der Waals surface area contributed by atoms with Crippen molar-refractivity contribution in [2.75, 3.05) is 18.9 Å². The summed E-state index contributed by atoms with van der Waals surface area (Å²) < 4.78 is 41.6. The Hall–Kier alpha value is -1.50. The lowest BCUT2D eigenvalue weighted by Crippen LogP contribution is -2.09. The Kier molecular flexibility index (Phi) is 3.35. The van der Waals surface area contributed by atoms with Crippen molar-refractivity contribution in [3.05, 3.63) is 17.7 Å². The number of nitrogens with two attached hydrogens (primary N) is 1. The zero-order chi connectivity index (χ0) is 11.5. The first-order valence-electron chi connectivity index (χ1n) is 4.02. The molecule has 0 aliphatic carbocycles. The summed E-state index contributed by atoms with van der Waals surface area (Å²) in [5, 5.41) is 8.42. The molecule has 1 rings (SSSR count). The number of aromatic nitrogens is 1. The van der Waals surface area contributed by atoms with E-state index < -0.39 is 11.7 Å². The molecule has 0 aliphatic heterocycles. The monoisotopic (exact) mass is 222 g/mol. The Labute approximate surface area is 83.5 Å². The van der Waals surface area contributed by atoms with Gasteiger partial charge in [-0.3, -0.25) is 0 Å². The van der Waals surface area contributed by atoms with Gasteiger partial charge in [-0.15, -0.1) is 0 Å². The minimum Gasteiger partial charge on any atom is -0.475 e. The second-order valence-electron chi connectivity index (χ2n) is 2.69. The molecule has 1 aromatic rings. The average molecular weight is 222 g/mol. The summed E-state index contributed by atoms with van der Waals surface area (Å²) >= 11 is 0. The third-order valence-electron chi connectivity index (χ3n) is 1.49. The molecule has 84 valence electrons. The SMILES string of the molecule is Nc1cc(C(F)(F)F)cc(OCCO)n1. The van der Waals surface area contributed by atoms with Crippen molar-refractivity contribution in [1.29, 1.82) is 0 Å². The van der Waals surface area contributed by atoms with Crippen molar-refractivity contribution in [2.45, 2.75) is 6.18 Å². The van der Waals surface area contributed by atoms with Gasteiger partial charge in [0.15, 0.2) is 0 Å². The van der Waals surface area contributed by atoms with Crippen LogP contribution in [0.1, 0.15) is 5.56 Å². The molecule has 7 heteroatoms. The third kappa shape index (κ3) is 3.28. The van der Waals surface area contributed by atoms with E-state index in [1.807, 2.05) is 0 Å². The van der Waals surface area contributed by atoms with Gasteiger partial charge in [0, 0.05) is 6.07 Å². The molecule has 1 aromatic heterocycles. The molecule has 0 saturated carbocycles. The maximum absolute atomic E-state index is 12.3. The number of aliphatic hydroxyl groups is 1. The third-order valence-corrected chi connectivity index (χ3v) is 1.49. The molecule has 0 radical (unpaired) electrons. The zero-order valence-corrected chi connectivity index (χ0v) is 7.58. The Morgan fingerprint density at radius 1 is 1.40 bits per heavy atom. The van der Waals surface area contributed by atoms with Gasteiger partial charge in [-0.1, -0.05) is 0 Å². The van der Waals surface area contributed by atoms with Gasteiger partial charge < -0.3 is 15.6 Å². The molecule has 15 heavy (non-hydrogen) atoms. The fourth-order valence-corrected chi connectivity index (χ4v) is 0.914. The maximum Gasteiger partial charge on any atom is 0.416 e. The lowest BCUT2D eigenvalue weighted by atomic mass is 10.2. The molecule has 0 saturated heterocycles. The second kappa shape index (κ2) is 4.35. The number of aliphatic hydroxyl groups excluding tert-OH is 1. The predicted molar refractivity (Wildman–Crippen MR) is 46.2 cm³/mol. The number of halogens is 3. The fourth-order valence-electron chi connectivity index (χ4n) is 0.914. The van der Waals surface area contributed by atoms with Gasteiger partial charge in [-0.2, -0.15) is 18.2 Å². The number of nitrogen functional groups attached to an aromatic ring is 1. The quantitative estimate of drug-likeness (QED) is 0.802. The maximum atomic E-state index is 12.3. The van der Waals surface area contributed by atoms with Crippen molar-refractivity contribution in [3.63, 3.8) is 0 Å². The highest BCUT2D eigenvalue weighted by molar-refractivity contribution is 5.38. The smallest absolute Gasteiger partial charge is 0.416 e. The van der Waals surface area contributed by atoms with E-state index in [4.69, 9.17) is 15.6 Å². The van der Waals surface area contributed by atoms with E-state index in [0.29, 0.717) is 6.07 Å². The van der Waals surface area contributed by atoms with Gasteiger partial charge in [0.05, 0.1) is 12.2 Å². The highest BCUT2D eigenvalue weighted by Crippen LogP contribution is 2.31. The highest BCUT2D eigenvalue weighted by Gasteiger charge is 2.31. The van der Waals surface area contributed by atoms with Gasteiger partial charge in [0.25, 0.3) is 0 Å². The van der Waals surface area contributed by atoms with Crippen LogP contribution in [0.25, 0.3) is 0 Å². The molecule has 0 fully saturated rings. The van der Waals surface area contributed by atoms with E-state index >= 15 is 0 Å². The fraction of sp³-hybridized carbons (Fsp3) is 0.375. The normalized spacial score (nSPS) is 11.5. The van der Waals surface area contributed by atoms with Crippen LogP contribution in [0, 0.1) is 0 Å². The van der Waals surface area contributed by atoms with Crippen LogP contribution in [0.4, 0.5) is 19.0 Å². The van der Waals surface area contributed by atoms with Crippen LogP contribution in [0.15, 0.2) is 12.1 Å². The highest BCUT2D eigenvalue weighted by atomic mass is 19.4. The first-order chi connectivity index (χ1) is 6.93. The van der Waals surface area contributed by atoms with E-state index in [1.54, 1.807) is 0 Å². The molecule has 0 atom stereocenters. The average Bonchev–Trinajstić information content (AvgIpc) is 2.12. The van der Waals surface area contributed by atoms with Crippen LogP contribution in [0.5, 0.6) is 5.88 Å². The summed E-state index contributed by atoms with van der Waals surface area (Å²) in [4.78, 5) is 3.53. The van der Waals surface area contributed by atoms with E-state index in [0.717, 1.165) is 6.07 Å². The molecule has 0 aromatic carbocycles. The molecular weight excluding hydrogens is 213 g/mol. The number of alkyl halides is 3. The van der Waals surface area contributed by atoms with Gasteiger partial charge >= 0.3 is 6.18 Å². The minimum absolute atomic E-state index is 0.131. The van der Waals surface area contributed by atoms with E-state index in [1.165, 1.54) is 0 Å². The topological polar surface area (TPSA) is 68.4 Å². The van der Waals surface area contributed by atoms with Gasteiger partial charge in [-0.05, 0) is 6.07 Å². The minimum atomic E-state index is -4.49. The largest absolute Gasteiger partial charge is 0.475 e. The van der Waals surface area contributed by atoms with Crippen LogP contribution in [-0.4, -0.2) is 23.3 Å². The molecule has 0 amide bonds. The van der Waals surface area contributed by atoms with Gasteiger partial charge in [0.1, 0.15) is 12.4 Å². The summed E-state index contributed by atoms with van der Waals surface area (Å²) in [6.45, 7) is -0.439. The van der Waals surface area contributed by atoms with Crippen LogP contribution in [0.2, 0.25) is 0 Å². The number of ether oxygens (including phenoxy) is 1. The summed E-state index contributed by atoms with van der Waals surface area (Å²) in [5.74, 6) is -0.533. The van der Waals surface area contributed by atoms with Gasteiger partial charge in [0.2, 0.25) is 5.88 Å². The van der Waals surface area contributed by atoms with Crippen LogP contribution < -0.4 is 10.5 Å². The summed E-state index contributed by atoms with van der Waals surface area (Å²) in [6, 6.07) is 1.44. The Bertz CT molecular complexity index is 341. The van der Waals surface area contributed by atoms with E-state index in [-0.39, 0.29) is 24.9 Å². The number of rotatable bonds is 3. The molecule has 0 spiro atoms. The first kappa shape index (κ1) is 11.6. The van der Waals surface area contributed by atoms with E-state index in [9.17, 15) is 13.2 Å². The Morgan fingerprint density at radius 3 is 2.60 bits per heavy atom. The summed E-state index contributed by atoms with van der Waals surface area (Å²) in [6.07, 6.45) is -4.49. The first-order valence-corrected chi connectivity index (χ1v) is 4.02. The number of nitrogens with zero attached hydrogens (tertiary/aromatic N) is 1. The van der Waals surface area contributed by atoms with Crippen molar-refractivity contribution >= 4 is 5.82 Å². The molecular formula is C8H9F3N2O2. The second-order valence-corrected chi connectivity index (χ2v) is 2.69. The lowest BCUT2D eigenvalue weighted by Gasteiger charge is -2.09. The van der Waals surface area contributed by atoms with Crippen molar-refractivity contribution in [3.8, 4) is 5.88 Å². The Morgan fingerprint density at radius 2 is 2.07 bits per heavy atom. The van der Waals surface area contributed by atoms with Crippen LogP contribution in [-0.2, 0) is 6.18 Å². The van der Waals surface area contributed by atoms with Crippen molar-refractivity contribution in [1.82, 2.24) is 4.98 Å². The predicted octanol–water partition coefficient (Wildman–Crippen LogP) is 1.05. The number of pyridine rings is 1. The summed E-state index contributed by atoms with van der Waals surface area (Å²) in [5.41, 5.74) is 4.25. The van der Waals surface area contributed by atoms with E-state index in [2.05, 4.69) is 4.98 Å². The molecule has 1 heterocycles. The van der Waals surface area contributed by atoms with Crippen LogP contribution >= 0.6 is 0 Å². The Balaban J connectivity index is 2.95. The standard InChI is InChI=1S/C8H9F3N2O2/c9-8(10,11)5-3-6(12)13-7(4-5)15-2-1-14/h3-4,14H,1-2H2,(H2,12,13). The molecule has 4 nitrogen and oxygen atoms in total. The van der Waals surface area contributed by atoms with Gasteiger partial charge in [-0.25, -0.2) is 0 Å². The molecule has 0 aliphatic rings. The molecule has 0 unspecified atom stereocenters. The molecule has 0 bridgehead atoms. The lowest BCUT2D eigenvalue weighted by molar-refractivity contribution is -0.137. The van der Waals surface area contributed by atoms with Crippen molar-refractivity contribution < 1.29 is 23.0 Å². The zero-order valence-electron chi connectivity index (χ0n) is 7.58. The molecule has 3 N–H and O–H groups in total. The number of hydrogen-bond donors (Lipinski definition) is 2. The van der Waals surface area contributed by atoms with Crippen molar-refractivity contribution in [2.24, 2.45) is 0 Å². The number of anilines is 1. The number of hydrogen-bond acceptors (Lipinski definition) is 4. The summed E-state index contributed by atoms with van der Waals surface area (Å²) in [7, 11) is 0.